The predicted octanol–water partition coefficient (Wildman–Crippen LogP) is 5.95. The summed E-state index contributed by atoms with van der Waals surface area (Å²) in [5, 5.41) is 22.5. The molecule has 0 aliphatic heterocycles. The minimum atomic E-state index is -4.17. The number of carbonyl (C=O) groups is 1. The fraction of sp³-hybridized carbons (Fsp3) is 0.800. The highest BCUT2D eigenvalue weighted by molar-refractivity contribution is 7.85. The quantitative estimate of drug-likeness (QED) is 0.280. The molecular formula is C35H55NO6S. The Morgan fingerprint density at radius 2 is 1.67 bits per heavy atom. The third-order valence-electron chi connectivity index (χ3n) is 13.2. The van der Waals surface area contributed by atoms with Gasteiger partial charge in [-0.05, 0) is 109 Å². The first-order valence-corrected chi connectivity index (χ1v) is 18.5. The second-order valence-electron chi connectivity index (χ2n) is 15.2. The van der Waals surface area contributed by atoms with E-state index in [1.54, 1.807) is 4.90 Å². The normalized spacial score (nSPS) is 39.8. The average Bonchev–Trinajstić information content (AvgIpc) is 3.32. The predicted molar refractivity (Wildman–Crippen MR) is 168 cm³/mol. The van der Waals surface area contributed by atoms with E-state index in [2.05, 4.69) is 27.7 Å². The van der Waals surface area contributed by atoms with Crippen molar-refractivity contribution in [3.05, 3.63) is 35.9 Å². The van der Waals surface area contributed by atoms with Crippen LogP contribution in [0.15, 0.2) is 30.3 Å². The molecule has 5 rings (SSSR count). The van der Waals surface area contributed by atoms with Crippen molar-refractivity contribution in [2.75, 3.05) is 12.3 Å². The molecule has 7 nitrogen and oxygen atoms in total. The zero-order valence-electron chi connectivity index (χ0n) is 26.7. The van der Waals surface area contributed by atoms with E-state index < -0.39 is 15.9 Å². The number of fused-ring (bicyclic) bond motifs is 5. The highest BCUT2D eigenvalue weighted by atomic mass is 32.2. The van der Waals surface area contributed by atoms with Crippen molar-refractivity contribution in [1.29, 1.82) is 0 Å². The summed E-state index contributed by atoms with van der Waals surface area (Å²) in [5.74, 6) is 2.21. The van der Waals surface area contributed by atoms with Gasteiger partial charge in [0.05, 0.1) is 18.0 Å². The lowest BCUT2D eigenvalue weighted by Gasteiger charge is -2.64. The number of benzene rings is 1. The first-order valence-electron chi connectivity index (χ1n) is 16.9. The maximum absolute atomic E-state index is 13.4. The van der Waals surface area contributed by atoms with Crippen molar-refractivity contribution in [3.63, 3.8) is 0 Å². The molecule has 0 spiro atoms. The number of hydrogen-bond acceptors (Lipinski definition) is 5. The Labute approximate surface area is 259 Å². The van der Waals surface area contributed by atoms with Crippen molar-refractivity contribution in [2.24, 2.45) is 52.3 Å². The van der Waals surface area contributed by atoms with Crippen LogP contribution in [0.2, 0.25) is 0 Å². The van der Waals surface area contributed by atoms with Gasteiger partial charge in [-0.15, -0.1) is 0 Å². The smallest absolute Gasteiger partial charge is 0.266 e. The average molecular weight is 618 g/mol. The Kier molecular flexibility index (Phi) is 9.74. The summed E-state index contributed by atoms with van der Waals surface area (Å²) in [7, 11) is -4.17. The van der Waals surface area contributed by atoms with Crippen LogP contribution < -0.4 is 0 Å². The first kappa shape index (κ1) is 32.9. The van der Waals surface area contributed by atoms with E-state index in [1.807, 2.05) is 30.3 Å². The second kappa shape index (κ2) is 12.7. The van der Waals surface area contributed by atoms with Gasteiger partial charge in [-0.2, -0.15) is 8.42 Å². The van der Waals surface area contributed by atoms with Crippen LogP contribution in [0.1, 0.15) is 97.5 Å². The third-order valence-corrected chi connectivity index (χ3v) is 13.9. The largest absolute Gasteiger partial charge is 0.393 e. The molecular weight excluding hydrogens is 562 g/mol. The lowest BCUT2D eigenvalue weighted by Crippen LogP contribution is -2.62. The van der Waals surface area contributed by atoms with Gasteiger partial charge in [-0.3, -0.25) is 9.35 Å². The van der Waals surface area contributed by atoms with E-state index in [0.29, 0.717) is 48.5 Å². The number of amides is 1. The number of nitrogens with zero attached hydrogens (tertiary/aromatic N) is 1. The fourth-order valence-corrected chi connectivity index (χ4v) is 11.4. The van der Waals surface area contributed by atoms with E-state index >= 15 is 0 Å². The highest BCUT2D eigenvalue weighted by Gasteiger charge is 2.64. The number of carbonyl (C=O) groups excluding carboxylic acids is 1. The molecule has 0 heterocycles. The van der Waals surface area contributed by atoms with Crippen LogP contribution in [0.3, 0.4) is 0 Å². The number of aliphatic hydroxyl groups is 2. The molecule has 4 saturated carbocycles. The van der Waals surface area contributed by atoms with Crippen LogP contribution >= 0.6 is 0 Å². The second-order valence-corrected chi connectivity index (χ2v) is 16.8. The Bertz CT molecular complexity index is 1220. The third kappa shape index (κ3) is 6.45. The highest BCUT2D eigenvalue weighted by Crippen LogP contribution is 2.69. The summed E-state index contributed by atoms with van der Waals surface area (Å²) in [5.41, 5.74) is 1.25. The van der Waals surface area contributed by atoms with Crippen molar-refractivity contribution in [2.45, 2.75) is 111 Å². The van der Waals surface area contributed by atoms with Gasteiger partial charge in [-0.1, -0.05) is 64.4 Å². The summed E-state index contributed by atoms with van der Waals surface area (Å²) in [4.78, 5) is 15.0. The molecule has 1 amide bonds. The molecule has 8 heteroatoms. The summed E-state index contributed by atoms with van der Waals surface area (Å²) in [6.07, 6.45) is 8.83. The van der Waals surface area contributed by atoms with E-state index in [4.69, 9.17) is 0 Å². The topological polar surface area (TPSA) is 115 Å². The summed E-state index contributed by atoms with van der Waals surface area (Å²) in [6.45, 7) is 9.73. The van der Waals surface area contributed by atoms with Crippen molar-refractivity contribution in [1.82, 2.24) is 4.90 Å². The minimum absolute atomic E-state index is 0.0273. The van der Waals surface area contributed by atoms with E-state index in [1.165, 1.54) is 0 Å². The van der Waals surface area contributed by atoms with Gasteiger partial charge in [0.2, 0.25) is 5.91 Å². The first-order chi connectivity index (χ1) is 20.3. The van der Waals surface area contributed by atoms with Crippen LogP contribution in [0, 0.1) is 52.3 Å². The molecule has 4 aliphatic rings. The zero-order valence-corrected chi connectivity index (χ0v) is 27.5. The number of rotatable bonds is 10. The molecule has 4 fully saturated rings. The zero-order chi connectivity index (χ0) is 31.2. The van der Waals surface area contributed by atoms with Gasteiger partial charge >= 0.3 is 0 Å². The van der Waals surface area contributed by atoms with E-state index in [0.717, 1.165) is 63.4 Å². The van der Waals surface area contributed by atoms with Gasteiger partial charge in [-0.25, -0.2) is 0 Å². The lowest BCUT2D eigenvalue weighted by molar-refractivity contribution is -0.203. The lowest BCUT2D eigenvalue weighted by atomic mass is 9.41. The monoisotopic (exact) mass is 617 g/mol. The van der Waals surface area contributed by atoms with Crippen LogP contribution in [0.5, 0.6) is 0 Å². The Balaban J connectivity index is 1.27. The van der Waals surface area contributed by atoms with E-state index in [-0.39, 0.29) is 41.4 Å². The summed E-state index contributed by atoms with van der Waals surface area (Å²) < 4.78 is 32.3. The molecule has 0 unspecified atom stereocenters. The van der Waals surface area contributed by atoms with Gasteiger partial charge in [0, 0.05) is 19.5 Å². The van der Waals surface area contributed by atoms with Crippen molar-refractivity contribution < 1.29 is 28.0 Å². The number of aliphatic hydroxyl groups excluding tert-OH is 2. The van der Waals surface area contributed by atoms with Gasteiger partial charge in [0.15, 0.2) is 0 Å². The molecule has 1 aromatic rings. The molecule has 0 bridgehead atoms. The van der Waals surface area contributed by atoms with Crippen molar-refractivity contribution in [3.8, 4) is 0 Å². The Hall–Kier alpha value is -1.48. The standard InChI is InChI=1S/C35H55NO6S/c1-5-26-30-21-25(37)15-17-35(30,4)29-16-18-34(3)27(12-13-28(34)32(29)33(26)39)23(2)11-14-31(38)36(19-20-43(40,41)42)22-24-9-7-6-8-10-24/h6-10,23,25-30,32-33,37,39H,5,11-22H2,1-4H3,(H,40,41,42)/t23-,25-,26-,27-,28+,29+,30+,32+,33-,34-,35-/m1/s1. The van der Waals surface area contributed by atoms with Crippen LogP contribution in [0.25, 0.3) is 0 Å². The molecule has 3 N–H and O–H groups in total. The molecule has 1 aromatic carbocycles. The van der Waals surface area contributed by atoms with Crippen molar-refractivity contribution >= 4 is 16.0 Å². The maximum atomic E-state index is 13.4. The van der Waals surface area contributed by atoms with Crippen LogP contribution in [-0.4, -0.2) is 58.5 Å². The van der Waals surface area contributed by atoms with Gasteiger partial charge < -0.3 is 15.1 Å². The SMILES string of the molecule is CC[C@H]1[C@@H](O)[C@@H]2[C@H](CC[C@]3(C)[C@@H]([C@H](C)CCC(=O)N(CCS(=O)(=O)O)Cc4ccccc4)CC[C@@H]23)[C@@]2(C)CC[C@@H](O)C[C@@H]12. The molecule has 242 valence electrons. The van der Waals surface area contributed by atoms with Crippen LogP contribution in [-0.2, 0) is 21.5 Å². The minimum Gasteiger partial charge on any atom is -0.393 e. The molecule has 11 atom stereocenters. The molecule has 0 saturated heterocycles. The van der Waals surface area contributed by atoms with Crippen LogP contribution in [0.4, 0.5) is 0 Å². The van der Waals surface area contributed by atoms with E-state index in [9.17, 15) is 28.0 Å². The molecule has 43 heavy (non-hydrogen) atoms. The Morgan fingerprint density at radius 3 is 2.35 bits per heavy atom. The fourth-order valence-electron chi connectivity index (χ4n) is 11.0. The van der Waals surface area contributed by atoms with Gasteiger partial charge in [0.1, 0.15) is 0 Å². The summed E-state index contributed by atoms with van der Waals surface area (Å²) >= 11 is 0. The molecule has 0 radical (unpaired) electrons. The summed E-state index contributed by atoms with van der Waals surface area (Å²) in [6, 6.07) is 9.56. The maximum Gasteiger partial charge on any atom is 0.266 e. The molecule has 4 aliphatic carbocycles. The molecule has 0 aromatic heterocycles. The Morgan fingerprint density at radius 1 is 1.00 bits per heavy atom. The van der Waals surface area contributed by atoms with Gasteiger partial charge in [0.25, 0.3) is 10.1 Å². The number of hydrogen-bond donors (Lipinski definition) is 3.